The van der Waals surface area contributed by atoms with Crippen LogP contribution in [0, 0.1) is 0 Å². The van der Waals surface area contributed by atoms with Crippen molar-refractivity contribution in [2.24, 2.45) is 0 Å². The minimum Gasteiger partial charge on any atom is -0.497 e. The van der Waals surface area contributed by atoms with E-state index in [1.807, 2.05) is 0 Å². The summed E-state index contributed by atoms with van der Waals surface area (Å²) in [6.07, 6.45) is 3.21. The van der Waals surface area contributed by atoms with Crippen LogP contribution in [0.2, 0.25) is 0 Å². The highest BCUT2D eigenvalue weighted by atomic mass is 79.9. The fourth-order valence-electron chi connectivity index (χ4n) is 2.33. The van der Waals surface area contributed by atoms with Crippen molar-refractivity contribution in [3.8, 4) is 5.75 Å². The maximum atomic E-state index is 12.2. The van der Waals surface area contributed by atoms with Crippen LogP contribution in [-0.4, -0.2) is 30.3 Å². The van der Waals surface area contributed by atoms with E-state index in [1.54, 1.807) is 25.3 Å². The number of carbonyl (C=O) groups is 1. The lowest BCUT2D eigenvalue weighted by Crippen LogP contribution is -2.45. The quantitative estimate of drug-likeness (QED) is 0.896. The average molecular weight is 328 g/mol. The number of methoxy groups -OCH3 is 1. The van der Waals surface area contributed by atoms with Crippen molar-refractivity contribution in [1.29, 1.82) is 0 Å². The van der Waals surface area contributed by atoms with Gasteiger partial charge in [-0.05, 0) is 47.0 Å². The SMILES string of the molecule is COc1ccc(Br)c(C(=O)N[C@H]2CCCC[C@@H]2O)c1. The Morgan fingerprint density at radius 3 is 2.84 bits per heavy atom. The minimum atomic E-state index is -0.443. The summed E-state index contributed by atoms with van der Waals surface area (Å²) in [6.45, 7) is 0. The van der Waals surface area contributed by atoms with E-state index in [-0.39, 0.29) is 11.9 Å². The molecule has 0 aromatic heterocycles. The average Bonchev–Trinajstić information content (AvgIpc) is 2.42. The first-order valence-electron chi connectivity index (χ1n) is 6.44. The zero-order chi connectivity index (χ0) is 13.8. The zero-order valence-corrected chi connectivity index (χ0v) is 12.4. The molecule has 0 spiro atoms. The van der Waals surface area contributed by atoms with E-state index in [0.717, 1.165) is 30.2 Å². The van der Waals surface area contributed by atoms with Gasteiger partial charge in [-0.15, -0.1) is 0 Å². The molecule has 1 saturated carbocycles. The maximum Gasteiger partial charge on any atom is 0.252 e. The third-order valence-corrected chi connectivity index (χ3v) is 4.16. The highest BCUT2D eigenvalue weighted by Crippen LogP contribution is 2.24. The number of amides is 1. The number of benzene rings is 1. The predicted molar refractivity (Wildman–Crippen MR) is 76.4 cm³/mol. The molecule has 0 aliphatic heterocycles. The van der Waals surface area contributed by atoms with E-state index in [0.29, 0.717) is 11.3 Å². The molecule has 1 aliphatic carbocycles. The van der Waals surface area contributed by atoms with Gasteiger partial charge in [0.1, 0.15) is 5.75 Å². The summed E-state index contributed by atoms with van der Waals surface area (Å²) >= 11 is 3.36. The topological polar surface area (TPSA) is 58.6 Å². The van der Waals surface area contributed by atoms with Crippen LogP contribution in [0.25, 0.3) is 0 Å². The molecule has 1 amide bonds. The number of nitrogens with one attached hydrogen (secondary N) is 1. The number of hydrogen-bond acceptors (Lipinski definition) is 3. The zero-order valence-electron chi connectivity index (χ0n) is 10.9. The molecule has 2 N–H and O–H groups in total. The molecular formula is C14H18BrNO3. The summed E-state index contributed by atoms with van der Waals surface area (Å²) in [7, 11) is 1.57. The van der Waals surface area contributed by atoms with Crippen molar-refractivity contribution < 1.29 is 14.6 Å². The molecule has 1 aromatic carbocycles. The molecule has 1 aromatic rings. The van der Waals surface area contributed by atoms with Gasteiger partial charge in [-0.1, -0.05) is 12.8 Å². The number of aliphatic hydroxyl groups is 1. The van der Waals surface area contributed by atoms with Crippen LogP contribution in [0.1, 0.15) is 36.0 Å². The lowest BCUT2D eigenvalue weighted by Gasteiger charge is -2.28. The van der Waals surface area contributed by atoms with Crippen molar-refractivity contribution in [1.82, 2.24) is 5.32 Å². The molecular weight excluding hydrogens is 310 g/mol. The predicted octanol–water partition coefficient (Wildman–Crippen LogP) is 2.49. The summed E-state index contributed by atoms with van der Waals surface area (Å²) in [5.74, 6) is 0.453. The summed E-state index contributed by atoms with van der Waals surface area (Å²) in [5.41, 5.74) is 0.525. The van der Waals surface area contributed by atoms with E-state index in [4.69, 9.17) is 4.74 Å². The third kappa shape index (κ3) is 3.48. The first kappa shape index (κ1) is 14.3. The van der Waals surface area contributed by atoms with E-state index in [1.165, 1.54) is 0 Å². The Morgan fingerprint density at radius 2 is 2.16 bits per heavy atom. The van der Waals surface area contributed by atoms with Crippen LogP contribution in [0.15, 0.2) is 22.7 Å². The summed E-state index contributed by atoms with van der Waals surface area (Å²) < 4.78 is 5.84. The second kappa shape index (κ2) is 6.39. The highest BCUT2D eigenvalue weighted by Gasteiger charge is 2.25. The molecule has 19 heavy (non-hydrogen) atoms. The molecule has 1 aliphatic rings. The van der Waals surface area contributed by atoms with Gasteiger partial charge in [0.15, 0.2) is 0 Å². The van der Waals surface area contributed by atoms with Gasteiger partial charge >= 0.3 is 0 Å². The van der Waals surface area contributed by atoms with Crippen LogP contribution < -0.4 is 10.1 Å². The van der Waals surface area contributed by atoms with Gasteiger partial charge in [-0.2, -0.15) is 0 Å². The first-order chi connectivity index (χ1) is 9.11. The van der Waals surface area contributed by atoms with Crippen molar-refractivity contribution in [3.05, 3.63) is 28.2 Å². The van der Waals surface area contributed by atoms with Crippen molar-refractivity contribution in [3.63, 3.8) is 0 Å². The molecule has 1 fully saturated rings. The van der Waals surface area contributed by atoms with E-state index >= 15 is 0 Å². The lowest BCUT2D eigenvalue weighted by molar-refractivity contribution is 0.0716. The summed E-state index contributed by atoms with van der Waals surface area (Å²) in [6, 6.07) is 5.11. The Labute approximate surface area is 121 Å². The van der Waals surface area contributed by atoms with Crippen molar-refractivity contribution in [2.45, 2.75) is 37.8 Å². The Bertz CT molecular complexity index is 464. The smallest absolute Gasteiger partial charge is 0.252 e. The van der Waals surface area contributed by atoms with Gasteiger partial charge in [0.25, 0.3) is 5.91 Å². The Kier molecular flexibility index (Phi) is 4.82. The first-order valence-corrected chi connectivity index (χ1v) is 7.23. The minimum absolute atomic E-state index is 0.153. The van der Waals surface area contributed by atoms with Crippen LogP contribution in [0.3, 0.4) is 0 Å². The number of halogens is 1. The number of aliphatic hydroxyl groups excluding tert-OH is 1. The third-order valence-electron chi connectivity index (χ3n) is 3.46. The van der Waals surface area contributed by atoms with Crippen LogP contribution in [-0.2, 0) is 0 Å². The van der Waals surface area contributed by atoms with Gasteiger partial charge in [-0.25, -0.2) is 0 Å². The van der Waals surface area contributed by atoms with Gasteiger partial charge in [0.2, 0.25) is 0 Å². The molecule has 0 saturated heterocycles. The van der Waals surface area contributed by atoms with Crippen LogP contribution >= 0.6 is 15.9 Å². The van der Waals surface area contributed by atoms with E-state index in [2.05, 4.69) is 21.2 Å². The van der Waals surface area contributed by atoms with Gasteiger partial charge < -0.3 is 15.2 Å². The normalized spacial score (nSPS) is 22.9. The number of rotatable bonds is 3. The van der Waals surface area contributed by atoms with E-state index < -0.39 is 6.10 Å². The fourth-order valence-corrected chi connectivity index (χ4v) is 2.76. The largest absolute Gasteiger partial charge is 0.497 e. The van der Waals surface area contributed by atoms with Gasteiger partial charge in [0.05, 0.1) is 24.8 Å². The second-order valence-corrected chi connectivity index (χ2v) is 5.63. The second-order valence-electron chi connectivity index (χ2n) is 4.78. The molecule has 4 nitrogen and oxygen atoms in total. The molecule has 2 rings (SSSR count). The molecule has 0 unspecified atom stereocenters. The monoisotopic (exact) mass is 327 g/mol. The molecule has 0 radical (unpaired) electrons. The number of ether oxygens (including phenoxy) is 1. The molecule has 0 heterocycles. The van der Waals surface area contributed by atoms with Crippen molar-refractivity contribution in [2.75, 3.05) is 7.11 Å². The standard InChI is InChI=1S/C14H18BrNO3/c1-19-9-6-7-11(15)10(8-9)14(18)16-12-4-2-3-5-13(12)17/h6-8,12-13,17H,2-5H2,1H3,(H,16,18)/t12-,13-/m0/s1. The summed E-state index contributed by atoms with van der Waals surface area (Å²) in [5, 5.41) is 12.8. The maximum absolute atomic E-state index is 12.2. The van der Waals surface area contributed by atoms with Crippen LogP contribution in [0.4, 0.5) is 0 Å². The van der Waals surface area contributed by atoms with Crippen molar-refractivity contribution >= 4 is 21.8 Å². The summed E-state index contributed by atoms with van der Waals surface area (Å²) in [4.78, 5) is 12.2. The van der Waals surface area contributed by atoms with Gasteiger partial charge in [-0.3, -0.25) is 4.79 Å². The molecule has 104 valence electrons. The lowest BCUT2D eigenvalue weighted by atomic mass is 9.92. The Hall–Kier alpha value is -1.07. The number of hydrogen-bond donors (Lipinski definition) is 2. The van der Waals surface area contributed by atoms with Gasteiger partial charge in [0, 0.05) is 4.47 Å². The molecule has 2 atom stereocenters. The van der Waals surface area contributed by atoms with E-state index in [9.17, 15) is 9.90 Å². The highest BCUT2D eigenvalue weighted by molar-refractivity contribution is 9.10. The fraction of sp³-hybridized carbons (Fsp3) is 0.500. The molecule has 0 bridgehead atoms. The Balaban J connectivity index is 2.10. The number of carbonyl (C=O) groups excluding carboxylic acids is 1. The van der Waals surface area contributed by atoms with Crippen LogP contribution in [0.5, 0.6) is 5.75 Å². The molecule has 5 heteroatoms. The Morgan fingerprint density at radius 1 is 1.42 bits per heavy atom.